The normalized spacial score (nSPS) is 29.2. The van der Waals surface area contributed by atoms with Crippen molar-refractivity contribution in [3.8, 4) is 0 Å². The summed E-state index contributed by atoms with van der Waals surface area (Å²) in [4.78, 5) is 37.6. The van der Waals surface area contributed by atoms with Gasteiger partial charge in [0.15, 0.2) is 12.0 Å². The highest BCUT2D eigenvalue weighted by Gasteiger charge is 2.55. The molecule has 9 heteroatoms. The molecule has 2 aliphatic rings. The van der Waals surface area contributed by atoms with Crippen molar-refractivity contribution in [1.29, 1.82) is 0 Å². The molecule has 0 bridgehead atoms. The molecule has 154 valence electrons. The molecule has 2 saturated heterocycles. The standard InChI is InChI=1S/C19H26N2O7/c1-18(2,3)26-13(23)8-6-7-11-14-15(28-19(4,5)27-14)16(25-11)21-10-9-12(22)20-17(21)24/h6,8-11,14-16H,7H2,1-5H3,(H,20,22,24)/b8-6-/t11-,14?,15?,16-/m1/s1. The van der Waals surface area contributed by atoms with Gasteiger partial charge in [0, 0.05) is 18.3 Å². The molecule has 28 heavy (non-hydrogen) atoms. The molecule has 0 radical (unpaired) electrons. The summed E-state index contributed by atoms with van der Waals surface area (Å²) < 4.78 is 24.4. The van der Waals surface area contributed by atoms with Crippen LogP contribution in [0.4, 0.5) is 0 Å². The highest BCUT2D eigenvalue weighted by atomic mass is 16.8. The van der Waals surface area contributed by atoms with Crippen molar-refractivity contribution in [2.45, 2.75) is 77.0 Å². The first-order valence-corrected chi connectivity index (χ1v) is 9.17. The average Bonchev–Trinajstić information content (AvgIpc) is 3.00. The molecule has 2 unspecified atom stereocenters. The van der Waals surface area contributed by atoms with Gasteiger partial charge in [-0.1, -0.05) is 6.08 Å². The number of H-pyrrole nitrogens is 1. The minimum atomic E-state index is -0.837. The number of carbonyl (C=O) groups is 1. The predicted octanol–water partition coefficient (Wildman–Crippen LogP) is 1.24. The first kappa shape index (κ1) is 20.5. The Morgan fingerprint density at radius 1 is 1.29 bits per heavy atom. The molecule has 1 N–H and O–H groups in total. The van der Waals surface area contributed by atoms with Crippen LogP contribution in [0.25, 0.3) is 0 Å². The van der Waals surface area contributed by atoms with Gasteiger partial charge in [-0.25, -0.2) is 9.59 Å². The first-order valence-electron chi connectivity index (χ1n) is 9.17. The summed E-state index contributed by atoms with van der Waals surface area (Å²) in [5.74, 6) is -1.28. The molecule has 4 atom stereocenters. The van der Waals surface area contributed by atoms with Crippen LogP contribution in [0.2, 0.25) is 0 Å². The average molecular weight is 394 g/mol. The van der Waals surface area contributed by atoms with Gasteiger partial charge in [-0.2, -0.15) is 0 Å². The maximum absolute atomic E-state index is 12.2. The molecule has 0 aliphatic carbocycles. The van der Waals surface area contributed by atoms with Crippen LogP contribution < -0.4 is 11.2 Å². The van der Waals surface area contributed by atoms with Crippen LogP contribution in [0.3, 0.4) is 0 Å². The van der Waals surface area contributed by atoms with E-state index in [1.54, 1.807) is 40.7 Å². The number of esters is 1. The van der Waals surface area contributed by atoms with Gasteiger partial charge < -0.3 is 18.9 Å². The Labute approximate surface area is 162 Å². The number of carbonyl (C=O) groups excluding carboxylic acids is 1. The second-order valence-electron chi connectivity index (χ2n) is 8.32. The Morgan fingerprint density at radius 2 is 1.96 bits per heavy atom. The number of ether oxygens (including phenoxy) is 4. The summed E-state index contributed by atoms with van der Waals surface area (Å²) in [5.41, 5.74) is -1.65. The monoisotopic (exact) mass is 394 g/mol. The summed E-state index contributed by atoms with van der Waals surface area (Å²) in [6.07, 6.45) is 2.60. The van der Waals surface area contributed by atoms with E-state index in [0.717, 1.165) is 0 Å². The Hall–Kier alpha value is -2.23. The topological polar surface area (TPSA) is 109 Å². The molecule has 0 amide bonds. The van der Waals surface area contributed by atoms with Gasteiger partial charge in [0.2, 0.25) is 0 Å². The van der Waals surface area contributed by atoms with Crippen LogP contribution >= 0.6 is 0 Å². The van der Waals surface area contributed by atoms with Crippen molar-refractivity contribution in [3.05, 3.63) is 45.3 Å². The van der Waals surface area contributed by atoms with Crippen molar-refractivity contribution in [2.75, 3.05) is 0 Å². The number of rotatable bonds is 4. The molecule has 0 saturated carbocycles. The van der Waals surface area contributed by atoms with Crippen molar-refractivity contribution in [1.82, 2.24) is 9.55 Å². The summed E-state index contributed by atoms with van der Waals surface area (Å²) in [6.45, 7) is 8.95. The van der Waals surface area contributed by atoms with Gasteiger partial charge >= 0.3 is 11.7 Å². The number of aromatic amines is 1. The Kier molecular flexibility index (Phi) is 5.35. The molecular formula is C19H26N2O7. The van der Waals surface area contributed by atoms with E-state index in [0.29, 0.717) is 6.42 Å². The number of nitrogens with one attached hydrogen (secondary N) is 1. The number of hydrogen-bond acceptors (Lipinski definition) is 7. The minimum Gasteiger partial charge on any atom is -0.457 e. The Bertz CT molecular complexity index is 877. The van der Waals surface area contributed by atoms with E-state index in [4.69, 9.17) is 18.9 Å². The van der Waals surface area contributed by atoms with Gasteiger partial charge in [0.25, 0.3) is 5.56 Å². The fourth-order valence-electron chi connectivity index (χ4n) is 3.33. The maximum atomic E-state index is 12.2. The van der Waals surface area contributed by atoms with Gasteiger partial charge in [-0.15, -0.1) is 0 Å². The SMILES string of the molecule is CC(C)(C)OC(=O)/C=C\C[C@H]1O[C@@H](n2ccc(=O)[nH]c2=O)C2OC(C)(C)OC21. The summed E-state index contributed by atoms with van der Waals surface area (Å²) in [5, 5.41) is 0. The number of fused-ring (bicyclic) bond motifs is 1. The zero-order chi connectivity index (χ0) is 20.7. The molecule has 3 rings (SSSR count). The zero-order valence-electron chi connectivity index (χ0n) is 16.6. The first-order chi connectivity index (χ1) is 13.0. The van der Waals surface area contributed by atoms with Crippen molar-refractivity contribution >= 4 is 5.97 Å². The molecule has 9 nitrogen and oxygen atoms in total. The lowest BCUT2D eigenvalue weighted by Gasteiger charge is -2.24. The summed E-state index contributed by atoms with van der Waals surface area (Å²) in [6, 6.07) is 1.25. The molecular weight excluding hydrogens is 368 g/mol. The molecule has 0 aromatic carbocycles. The van der Waals surface area contributed by atoms with Gasteiger partial charge in [-0.05, 0) is 41.0 Å². The maximum Gasteiger partial charge on any atom is 0.330 e. The summed E-state index contributed by atoms with van der Waals surface area (Å²) in [7, 11) is 0. The van der Waals surface area contributed by atoms with Crippen LogP contribution in [0.5, 0.6) is 0 Å². The van der Waals surface area contributed by atoms with E-state index in [-0.39, 0.29) is 0 Å². The van der Waals surface area contributed by atoms with Crippen LogP contribution in [0.1, 0.15) is 47.3 Å². The van der Waals surface area contributed by atoms with Crippen molar-refractivity contribution in [3.63, 3.8) is 0 Å². The molecule has 1 aromatic heterocycles. The number of nitrogens with zero attached hydrogens (tertiary/aromatic N) is 1. The zero-order valence-corrected chi connectivity index (χ0v) is 16.6. The summed E-state index contributed by atoms with van der Waals surface area (Å²) >= 11 is 0. The van der Waals surface area contributed by atoms with Gasteiger partial charge in [-0.3, -0.25) is 14.3 Å². The van der Waals surface area contributed by atoms with Gasteiger partial charge in [0.05, 0.1) is 6.10 Å². The third kappa shape index (κ3) is 4.60. The smallest absolute Gasteiger partial charge is 0.330 e. The van der Waals surface area contributed by atoms with Gasteiger partial charge in [0.1, 0.15) is 17.8 Å². The second-order valence-corrected chi connectivity index (χ2v) is 8.32. The largest absolute Gasteiger partial charge is 0.457 e. The van der Waals surface area contributed by atoms with E-state index >= 15 is 0 Å². The lowest BCUT2D eigenvalue weighted by Crippen LogP contribution is -2.37. The molecule has 2 fully saturated rings. The predicted molar refractivity (Wildman–Crippen MR) is 98.7 cm³/mol. The Balaban J connectivity index is 1.77. The van der Waals surface area contributed by atoms with E-state index in [1.165, 1.54) is 22.9 Å². The highest BCUT2D eigenvalue weighted by Crippen LogP contribution is 2.43. The van der Waals surface area contributed by atoms with E-state index in [9.17, 15) is 14.4 Å². The number of hydrogen-bond donors (Lipinski definition) is 1. The molecule has 3 heterocycles. The molecule has 2 aliphatic heterocycles. The molecule has 0 spiro atoms. The van der Waals surface area contributed by atoms with E-state index in [2.05, 4.69) is 4.98 Å². The number of aromatic nitrogens is 2. The lowest BCUT2D eigenvalue weighted by molar-refractivity contribution is -0.196. The molecule has 1 aromatic rings. The highest BCUT2D eigenvalue weighted by molar-refractivity contribution is 5.82. The minimum absolute atomic E-state index is 0.369. The van der Waals surface area contributed by atoms with E-state index in [1.807, 2.05) is 0 Å². The Morgan fingerprint density at radius 3 is 2.61 bits per heavy atom. The lowest BCUT2D eigenvalue weighted by atomic mass is 10.1. The fourth-order valence-corrected chi connectivity index (χ4v) is 3.33. The van der Waals surface area contributed by atoms with Crippen LogP contribution in [-0.4, -0.2) is 45.2 Å². The van der Waals surface area contributed by atoms with Crippen LogP contribution in [-0.2, 0) is 23.7 Å². The fraction of sp³-hybridized carbons (Fsp3) is 0.632. The quantitative estimate of drug-likeness (QED) is 0.604. The van der Waals surface area contributed by atoms with Crippen molar-refractivity contribution < 1.29 is 23.7 Å². The third-order valence-electron chi connectivity index (χ3n) is 4.28. The second kappa shape index (κ2) is 7.31. The van der Waals surface area contributed by atoms with Crippen molar-refractivity contribution in [2.24, 2.45) is 0 Å². The van der Waals surface area contributed by atoms with Crippen LogP contribution in [0.15, 0.2) is 34.0 Å². The van der Waals surface area contributed by atoms with Crippen LogP contribution in [0, 0.1) is 0 Å². The third-order valence-corrected chi connectivity index (χ3v) is 4.28. The van der Waals surface area contributed by atoms with E-state index < -0.39 is 53.1 Å².